The molecule has 66 valence electrons. The first-order valence-electron chi connectivity index (χ1n) is 3.67. The summed E-state index contributed by atoms with van der Waals surface area (Å²) in [5.74, 6) is 0. The minimum Gasteiger partial charge on any atom is -0.390 e. The maximum absolute atomic E-state index is 9.27. The SMILES string of the molecule is NC1CC(N)C(O)C(N)C1O. The zero-order chi connectivity index (χ0) is 8.59. The van der Waals surface area contributed by atoms with Crippen molar-refractivity contribution in [2.75, 3.05) is 0 Å². The maximum Gasteiger partial charge on any atom is 0.0868 e. The number of aliphatic hydroxyl groups is 2. The van der Waals surface area contributed by atoms with Gasteiger partial charge in [-0.1, -0.05) is 0 Å². The lowest BCUT2D eigenvalue weighted by Crippen LogP contribution is -2.64. The highest BCUT2D eigenvalue weighted by atomic mass is 16.3. The molecule has 5 heteroatoms. The molecule has 1 aliphatic carbocycles. The number of nitrogens with two attached hydrogens (primary N) is 3. The second-order valence-corrected chi connectivity index (χ2v) is 3.12. The summed E-state index contributed by atoms with van der Waals surface area (Å²) in [6.45, 7) is 0. The van der Waals surface area contributed by atoms with Crippen molar-refractivity contribution in [3.8, 4) is 0 Å². The Balaban J connectivity index is 2.63. The van der Waals surface area contributed by atoms with Crippen molar-refractivity contribution in [3.05, 3.63) is 0 Å². The van der Waals surface area contributed by atoms with Crippen LogP contribution in [0.3, 0.4) is 0 Å². The molecule has 5 nitrogen and oxygen atoms in total. The van der Waals surface area contributed by atoms with Crippen LogP contribution in [0.4, 0.5) is 0 Å². The first kappa shape index (κ1) is 8.89. The second-order valence-electron chi connectivity index (χ2n) is 3.12. The van der Waals surface area contributed by atoms with Crippen LogP contribution in [0.15, 0.2) is 0 Å². The summed E-state index contributed by atoms with van der Waals surface area (Å²) in [6.07, 6.45) is -1.27. The number of hydrogen-bond donors (Lipinski definition) is 5. The summed E-state index contributed by atoms with van der Waals surface area (Å²) >= 11 is 0. The van der Waals surface area contributed by atoms with Gasteiger partial charge in [0.15, 0.2) is 0 Å². The molecule has 0 aliphatic heterocycles. The third-order valence-corrected chi connectivity index (χ3v) is 2.21. The molecular formula is C6H15N3O2. The average Bonchev–Trinajstić information content (AvgIpc) is 1.97. The quantitative estimate of drug-likeness (QED) is 0.261. The van der Waals surface area contributed by atoms with Crippen molar-refractivity contribution in [3.63, 3.8) is 0 Å². The molecule has 0 radical (unpaired) electrons. The van der Waals surface area contributed by atoms with Gasteiger partial charge in [-0.2, -0.15) is 0 Å². The molecule has 0 spiro atoms. The molecule has 0 aromatic carbocycles. The summed E-state index contributed by atoms with van der Waals surface area (Å²) in [6, 6.07) is -1.54. The molecule has 0 heterocycles. The van der Waals surface area contributed by atoms with Crippen LogP contribution < -0.4 is 17.2 Å². The molecule has 0 aromatic rings. The maximum atomic E-state index is 9.27. The van der Waals surface area contributed by atoms with E-state index in [0.29, 0.717) is 6.42 Å². The average molecular weight is 161 g/mol. The van der Waals surface area contributed by atoms with Crippen molar-refractivity contribution >= 4 is 0 Å². The Morgan fingerprint density at radius 2 is 1.27 bits per heavy atom. The van der Waals surface area contributed by atoms with Crippen LogP contribution >= 0.6 is 0 Å². The summed E-state index contributed by atoms with van der Waals surface area (Å²) in [5, 5.41) is 18.5. The van der Waals surface area contributed by atoms with Gasteiger partial charge in [0.25, 0.3) is 0 Å². The lowest BCUT2D eigenvalue weighted by atomic mass is 9.84. The van der Waals surface area contributed by atoms with Crippen LogP contribution in [0.2, 0.25) is 0 Å². The monoisotopic (exact) mass is 161 g/mol. The standard InChI is InChI=1S/C6H15N3O2/c7-2-1-3(8)6(11)4(9)5(2)10/h2-6,10-11H,1,7-9H2. The molecule has 4 unspecified atom stereocenters. The van der Waals surface area contributed by atoms with E-state index >= 15 is 0 Å². The number of rotatable bonds is 0. The number of hydrogen-bond acceptors (Lipinski definition) is 5. The molecule has 8 N–H and O–H groups in total. The van der Waals surface area contributed by atoms with Crippen molar-refractivity contribution in [2.24, 2.45) is 17.2 Å². The summed E-state index contributed by atoms with van der Waals surface area (Å²) in [4.78, 5) is 0. The molecule has 0 saturated heterocycles. The fraction of sp³-hybridized carbons (Fsp3) is 1.00. The van der Waals surface area contributed by atoms with Gasteiger partial charge in [0, 0.05) is 12.1 Å². The third kappa shape index (κ3) is 1.52. The smallest absolute Gasteiger partial charge is 0.0868 e. The largest absolute Gasteiger partial charge is 0.390 e. The van der Waals surface area contributed by atoms with E-state index in [4.69, 9.17) is 17.2 Å². The highest BCUT2D eigenvalue weighted by Gasteiger charge is 2.37. The molecule has 1 fully saturated rings. The minimum absolute atomic E-state index is 0.413. The molecular weight excluding hydrogens is 146 g/mol. The summed E-state index contributed by atoms with van der Waals surface area (Å²) < 4.78 is 0. The van der Waals surface area contributed by atoms with Gasteiger partial charge in [-0.3, -0.25) is 0 Å². The van der Waals surface area contributed by atoms with Gasteiger partial charge in [-0.25, -0.2) is 0 Å². The van der Waals surface area contributed by atoms with E-state index in [1.807, 2.05) is 0 Å². The minimum atomic E-state index is -0.843. The highest BCUT2D eigenvalue weighted by molar-refractivity contribution is 4.98. The van der Waals surface area contributed by atoms with Gasteiger partial charge < -0.3 is 27.4 Å². The molecule has 1 aliphatic rings. The predicted molar refractivity (Wildman–Crippen MR) is 40.6 cm³/mol. The zero-order valence-electron chi connectivity index (χ0n) is 6.22. The molecule has 0 aromatic heterocycles. The van der Waals surface area contributed by atoms with Crippen LogP contribution in [0.1, 0.15) is 6.42 Å². The molecule has 0 amide bonds. The Morgan fingerprint density at radius 1 is 0.909 bits per heavy atom. The van der Waals surface area contributed by atoms with E-state index < -0.39 is 30.3 Å². The predicted octanol–water partition coefficient (Wildman–Crippen LogP) is -2.91. The lowest BCUT2D eigenvalue weighted by Gasteiger charge is -2.37. The van der Waals surface area contributed by atoms with E-state index in [0.717, 1.165) is 0 Å². The van der Waals surface area contributed by atoms with Gasteiger partial charge >= 0.3 is 0 Å². The Bertz CT molecular complexity index is 130. The van der Waals surface area contributed by atoms with Crippen LogP contribution in [0.25, 0.3) is 0 Å². The lowest BCUT2D eigenvalue weighted by molar-refractivity contribution is -0.00665. The van der Waals surface area contributed by atoms with Gasteiger partial charge in [0.1, 0.15) is 0 Å². The van der Waals surface area contributed by atoms with Gasteiger partial charge in [0.2, 0.25) is 0 Å². The zero-order valence-corrected chi connectivity index (χ0v) is 6.22. The molecule has 11 heavy (non-hydrogen) atoms. The molecule has 1 rings (SSSR count). The third-order valence-electron chi connectivity index (χ3n) is 2.21. The summed E-state index contributed by atoms with van der Waals surface area (Å²) in [7, 11) is 0. The van der Waals surface area contributed by atoms with E-state index in [-0.39, 0.29) is 0 Å². The first-order valence-corrected chi connectivity index (χ1v) is 3.67. The molecule has 1 saturated carbocycles. The first-order chi connectivity index (χ1) is 5.04. The summed E-state index contributed by atoms with van der Waals surface area (Å²) in [5.41, 5.74) is 16.4. The van der Waals surface area contributed by atoms with Crippen molar-refractivity contribution in [2.45, 2.75) is 36.8 Å². The Morgan fingerprint density at radius 3 is 1.64 bits per heavy atom. The Hall–Kier alpha value is -0.200. The Kier molecular flexibility index (Phi) is 2.46. The van der Waals surface area contributed by atoms with Crippen LogP contribution in [0.5, 0.6) is 0 Å². The van der Waals surface area contributed by atoms with Gasteiger partial charge in [-0.05, 0) is 6.42 Å². The van der Waals surface area contributed by atoms with Crippen molar-refractivity contribution < 1.29 is 10.2 Å². The fourth-order valence-electron chi connectivity index (χ4n) is 1.37. The topological polar surface area (TPSA) is 119 Å². The molecule has 4 atom stereocenters. The van der Waals surface area contributed by atoms with Crippen molar-refractivity contribution in [1.29, 1.82) is 0 Å². The second kappa shape index (κ2) is 3.04. The van der Waals surface area contributed by atoms with E-state index in [1.165, 1.54) is 0 Å². The fourth-order valence-corrected chi connectivity index (χ4v) is 1.37. The van der Waals surface area contributed by atoms with Crippen LogP contribution in [-0.4, -0.2) is 40.5 Å². The van der Waals surface area contributed by atoms with E-state index in [9.17, 15) is 10.2 Å². The molecule has 0 bridgehead atoms. The van der Waals surface area contributed by atoms with Crippen LogP contribution in [0, 0.1) is 0 Å². The van der Waals surface area contributed by atoms with Gasteiger partial charge in [0.05, 0.1) is 18.2 Å². The van der Waals surface area contributed by atoms with Crippen LogP contribution in [-0.2, 0) is 0 Å². The van der Waals surface area contributed by atoms with E-state index in [2.05, 4.69) is 0 Å². The highest BCUT2D eigenvalue weighted by Crippen LogP contribution is 2.15. The normalized spacial score (nSPS) is 52.6. The Labute approximate surface area is 65.2 Å². The van der Waals surface area contributed by atoms with Crippen molar-refractivity contribution in [1.82, 2.24) is 0 Å². The number of aliphatic hydroxyl groups excluding tert-OH is 2. The van der Waals surface area contributed by atoms with E-state index in [1.54, 1.807) is 0 Å². The van der Waals surface area contributed by atoms with Gasteiger partial charge in [-0.15, -0.1) is 0 Å².